The Kier molecular flexibility index (Phi) is 11.5. The molecule has 0 bridgehead atoms. The van der Waals surface area contributed by atoms with E-state index in [-0.39, 0.29) is 0 Å². The summed E-state index contributed by atoms with van der Waals surface area (Å²) in [6.07, 6.45) is 26.0. The Morgan fingerprint density at radius 2 is 0.880 bits per heavy atom. The molecule has 0 atom stereocenters. The number of thiocarbonyl (C=S) groups is 2. The van der Waals surface area contributed by atoms with Crippen LogP contribution in [0.4, 0.5) is 0 Å². The summed E-state index contributed by atoms with van der Waals surface area (Å²) in [5.41, 5.74) is 0. The van der Waals surface area contributed by atoms with Gasteiger partial charge in [-0.3, -0.25) is 0 Å². The normalized spacial score (nSPS) is 19.8. The van der Waals surface area contributed by atoms with Gasteiger partial charge in [-0.1, -0.05) is 108 Å². The minimum atomic E-state index is 0.923. The summed E-state index contributed by atoms with van der Waals surface area (Å²) in [4.78, 5) is 2.72. The van der Waals surface area contributed by atoms with E-state index in [1.54, 1.807) is 0 Å². The molecule has 0 amide bonds. The minimum Gasteiger partial charge on any atom is -0.0897 e. The van der Waals surface area contributed by atoms with Crippen LogP contribution in [0.1, 0.15) is 122 Å². The van der Waals surface area contributed by atoms with E-state index in [1.165, 1.54) is 132 Å². The molecule has 2 aliphatic rings. The molecule has 0 saturated heterocycles. The molecule has 0 spiro atoms. The predicted molar refractivity (Wildman–Crippen MR) is 120 cm³/mol. The summed E-state index contributed by atoms with van der Waals surface area (Å²) >= 11 is 11.3. The highest BCUT2D eigenvalue weighted by atomic mass is 32.1. The molecular formula is C23H40S2. The molecule has 2 rings (SSSR count). The van der Waals surface area contributed by atoms with Gasteiger partial charge in [0.2, 0.25) is 0 Å². The van der Waals surface area contributed by atoms with Gasteiger partial charge < -0.3 is 0 Å². The molecule has 0 aromatic carbocycles. The van der Waals surface area contributed by atoms with Crippen molar-refractivity contribution in [1.29, 1.82) is 0 Å². The lowest BCUT2D eigenvalue weighted by atomic mass is 9.85. The molecule has 0 unspecified atom stereocenters. The molecule has 0 heterocycles. The Morgan fingerprint density at radius 1 is 0.520 bits per heavy atom. The average Bonchev–Trinajstić information content (AvgIpc) is 2.62. The average molecular weight is 381 g/mol. The van der Waals surface area contributed by atoms with Crippen LogP contribution in [0.25, 0.3) is 0 Å². The second kappa shape index (κ2) is 13.4. The largest absolute Gasteiger partial charge is 0.0897 e. The summed E-state index contributed by atoms with van der Waals surface area (Å²) in [5.74, 6) is 1.85. The van der Waals surface area contributed by atoms with Crippen molar-refractivity contribution in [1.82, 2.24) is 0 Å². The van der Waals surface area contributed by atoms with E-state index in [1.807, 2.05) is 0 Å². The van der Waals surface area contributed by atoms with Crippen LogP contribution in [0.3, 0.4) is 0 Å². The predicted octanol–water partition coefficient (Wildman–Crippen LogP) is 8.40. The topological polar surface area (TPSA) is 0 Å². The van der Waals surface area contributed by atoms with E-state index in [0.29, 0.717) is 0 Å². The van der Waals surface area contributed by atoms with Gasteiger partial charge in [-0.15, -0.1) is 0 Å². The smallest absolute Gasteiger partial charge is 0.00687 e. The first-order valence-corrected chi connectivity index (χ1v) is 12.1. The van der Waals surface area contributed by atoms with E-state index >= 15 is 0 Å². The summed E-state index contributed by atoms with van der Waals surface area (Å²) in [6, 6.07) is 0. The molecule has 0 N–H and O–H groups in total. The quantitative estimate of drug-likeness (QED) is 0.246. The van der Waals surface area contributed by atoms with Crippen LogP contribution in [0, 0.1) is 11.8 Å². The van der Waals surface area contributed by atoms with E-state index in [9.17, 15) is 0 Å². The van der Waals surface area contributed by atoms with Crippen molar-refractivity contribution in [3.63, 3.8) is 0 Å². The molecule has 0 nitrogen and oxygen atoms in total. The maximum Gasteiger partial charge on any atom is -0.00687 e. The fourth-order valence-corrected chi connectivity index (χ4v) is 5.57. The second-order valence-electron chi connectivity index (χ2n) is 8.76. The Morgan fingerprint density at radius 3 is 1.28 bits per heavy atom. The van der Waals surface area contributed by atoms with Crippen molar-refractivity contribution in [2.75, 3.05) is 0 Å². The second-order valence-corrected chi connectivity index (χ2v) is 9.92. The van der Waals surface area contributed by atoms with Crippen LogP contribution in [0.2, 0.25) is 0 Å². The fourth-order valence-electron chi connectivity index (χ4n) is 4.81. The Labute approximate surface area is 167 Å². The monoisotopic (exact) mass is 380 g/mol. The van der Waals surface area contributed by atoms with Gasteiger partial charge in [-0.2, -0.15) is 0 Å². The number of hydrogen-bond donors (Lipinski definition) is 0. The lowest BCUT2D eigenvalue weighted by molar-refractivity contribution is 0.367. The van der Waals surface area contributed by atoms with E-state index < -0.39 is 0 Å². The standard InChI is InChI=1S/C23H40S2/c24-22(18-20-12-6-4-7-13-20)16-10-2-1-3-11-17-23(25)19-21-14-8-5-9-15-21/h20-21H,1-19H2. The number of unbranched alkanes of at least 4 members (excludes halogenated alkanes) is 4. The maximum atomic E-state index is 5.63. The third kappa shape index (κ3) is 10.2. The van der Waals surface area contributed by atoms with Gasteiger partial charge in [0.15, 0.2) is 0 Å². The highest BCUT2D eigenvalue weighted by molar-refractivity contribution is 7.80. The van der Waals surface area contributed by atoms with Gasteiger partial charge in [0, 0.05) is 0 Å². The molecule has 2 aliphatic carbocycles. The highest BCUT2D eigenvalue weighted by Crippen LogP contribution is 2.28. The van der Waals surface area contributed by atoms with Gasteiger partial charge in [0.1, 0.15) is 0 Å². The molecule has 2 fully saturated rings. The third-order valence-electron chi connectivity index (χ3n) is 6.39. The van der Waals surface area contributed by atoms with Crippen LogP contribution in [0.15, 0.2) is 0 Å². The number of rotatable bonds is 12. The molecular weight excluding hydrogens is 340 g/mol. The maximum absolute atomic E-state index is 5.63. The van der Waals surface area contributed by atoms with Crippen molar-refractivity contribution in [3.05, 3.63) is 0 Å². The zero-order chi connectivity index (χ0) is 17.7. The van der Waals surface area contributed by atoms with E-state index in [4.69, 9.17) is 24.4 Å². The first kappa shape index (κ1) is 21.5. The minimum absolute atomic E-state index is 0.923. The van der Waals surface area contributed by atoms with Gasteiger partial charge >= 0.3 is 0 Å². The molecule has 144 valence electrons. The SMILES string of the molecule is S=C(CCCCCCCC(=S)CC1CCCCC1)CC1CCCCC1. The summed E-state index contributed by atoms with van der Waals surface area (Å²) in [7, 11) is 0. The van der Waals surface area contributed by atoms with E-state index in [0.717, 1.165) is 11.8 Å². The zero-order valence-corrected chi connectivity index (χ0v) is 18.0. The van der Waals surface area contributed by atoms with Crippen LogP contribution in [-0.2, 0) is 0 Å². The molecule has 25 heavy (non-hydrogen) atoms. The summed E-state index contributed by atoms with van der Waals surface area (Å²) < 4.78 is 0. The molecule has 2 heteroatoms. The van der Waals surface area contributed by atoms with Crippen molar-refractivity contribution in [2.24, 2.45) is 11.8 Å². The molecule has 0 aromatic rings. The molecule has 0 aliphatic heterocycles. The van der Waals surface area contributed by atoms with E-state index in [2.05, 4.69) is 0 Å². The van der Waals surface area contributed by atoms with Gasteiger partial charge in [0.25, 0.3) is 0 Å². The Hall–Kier alpha value is 0.180. The molecule has 2 saturated carbocycles. The van der Waals surface area contributed by atoms with Crippen molar-refractivity contribution in [2.45, 2.75) is 122 Å². The lowest BCUT2D eigenvalue weighted by Crippen LogP contribution is -2.11. The Balaban J connectivity index is 1.38. The van der Waals surface area contributed by atoms with Gasteiger partial charge in [0.05, 0.1) is 0 Å². The third-order valence-corrected chi connectivity index (χ3v) is 7.13. The van der Waals surface area contributed by atoms with Crippen molar-refractivity contribution in [3.8, 4) is 0 Å². The van der Waals surface area contributed by atoms with Gasteiger partial charge in [-0.05, 0) is 60.1 Å². The van der Waals surface area contributed by atoms with Crippen LogP contribution < -0.4 is 0 Å². The zero-order valence-electron chi connectivity index (χ0n) is 16.4. The number of hydrogen-bond acceptors (Lipinski definition) is 2. The first-order chi connectivity index (χ1) is 12.2. The van der Waals surface area contributed by atoms with Crippen LogP contribution in [-0.4, -0.2) is 9.73 Å². The lowest BCUT2D eigenvalue weighted by Gasteiger charge is -2.21. The summed E-state index contributed by atoms with van der Waals surface area (Å²) in [6.45, 7) is 0. The molecule has 0 radical (unpaired) electrons. The fraction of sp³-hybridized carbons (Fsp3) is 0.913. The molecule has 0 aromatic heterocycles. The van der Waals surface area contributed by atoms with Crippen molar-refractivity contribution >= 4 is 34.2 Å². The van der Waals surface area contributed by atoms with Gasteiger partial charge in [-0.25, -0.2) is 0 Å². The summed E-state index contributed by atoms with van der Waals surface area (Å²) in [5, 5.41) is 0. The van der Waals surface area contributed by atoms with Crippen LogP contribution >= 0.6 is 24.4 Å². The van der Waals surface area contributed by atoms with Crippen LogP contribution in [0.5, 0.6) is 0 Å². The first-order valence-electron chi connectivity index (χ1n) is 11.3. The Bertz CT molecular complexity index is 340. The van der Waals surface area contributed by atoms with Crippen molar-refractivity contribution < 1.29 is 0 Å². The highest BCUT2D eigenvalue weighted by Gasteiger charge is 2.15.